The van der Waals surface area contributed by atoms with Gasteiger partial charge in [0.1, 0.15) is 11.6 Å². The molecule has 0 radical (unpaired) electrons. The van der Waals surface area contributed by atoms with Crippen molar-refractivity contribution in [1.29, 1.82) is 0 Å². The predicted molar refractivity (Wildman–Crippen MR) is 75.6 cm³/mol. The number of nitrogens with one attached hydrogen (secondary N) is 1. The minimum Gasteiger partial charge on any atom is -0.395 e. The number of carbonyl (C=O) groups excluding carboxylic acids is 1. The van der Waals surface area contributed by atoms with E-state index in [1.807, 2.05) is 0 Å². The number of anilines is 2. The summed E-state index contributed by atoms with van der Waals surface area (Å²) < 4.78 is 26.5. The van der Waals surface area contributed by atoms with Crippen molar-refractivity contribution in [3.8, 4) is 0 Å². The maximum atomic E-state index is 13.3. The number of hydrogen-bond donors (Lipinski definition) is 2. The molecule has 0 aliphatic rings. The van der Waals surface area contributed by atoms with Crippen molar-refractivity contribution in [2.45, 2.75) is 16.7 Å². The molecule has 0 unspecified atom stereocenters. The number of benzene rings is 2. The van der Waals surface area contributed by atoms with Crippen LogP contribution in [-0.4, -0.2) is 5.91 Å². The van der Waals surface area contributed by atoms with Crippen LogP contribution in [0.5, 0.6) is 0 Å². The Hall–Kier alpha value is -2.08. The van der Waals surface area contributed by atoms with Crippen LogP contribution in [0.1, 0.15) is 6.92 Å². The molecule has 3 nitrogen and oxygen atoms in total. The largest absolute Gasteiger partial charge is 0.395 e. The molecule has 20 heavy (non-hydrogen) atoms. The fourth-order valence-electron chi connectivity index (χ4n) is 1.58. The maximum Gasteiger partial charge on any atom is 0.221 e. The fraction of sp³-hybridized carbons (Fsp3) is 0.0714. The number of amides is 1. The highest BCUT2D eigenvalue weighted by atomic mass is 32.2. The monoisotopic (exact) mass is 294 g/mol. The second-order valence-electron chi connectivity index (χ2n) is 4.11. The van der Waals surface area contributed by atoms with Gasteiger partial charge in [0.15, 0.2) is 0 Å². The zero-order valence-electron chi connectivity index (χ0n) is 10.6. The summed E-state index contributed by atoms with van der Waals surface area (Å²) >= 11 is 1.15. The van der Waals surface area contributed by atoms with Gasteiger partial charge in [0.05, 0.1) is 5.69 Å². The lowest BCUT2D eigenvalue weighted by Crippen LogP contribution is -2.05. The summed E-state index contributed by atoms with van der Waals surface area (Å²) in [6.07, 6.45) is 0. The van der Waals surface area contributed by atoms with E-state index in [1.54, 1.807) is 24.3 Å². The van der Waals surface area contributed by atoms with Crippen LogP contribution < -0.4 is 11.1 Å². The summed E-state index contributed by atoms with van der Waals surface area (Å²) in [7, 11) is 0. The van der Waals surface area contributed by atoms with Crippen LogP contribution >= 0.6 is 11.8 Å². The first-order valence-corrected chi connectivity index (χ1v) is 6.57. The number of halogens is 2. The van der Waals surface area contributed by atoms with E-state index < -0.39 is 11.6 Å². The van der Waals surface area contributed by atoms with Gasteiger partial charge in [-0.1, -0.05) is 11.8 Å². The molecule has 2 aromatic rings. The quantitative estimate of drug-likeness (QED) is 0.849. The second-order valence-corrected chi connectivity index (χ2v) is 5.22. The second kappa shape index (κ2) is 5.92. The van der Waals surface area contributed by atoms with Gasteiger partial charge in [0.25, 0.3) is 0 Å². The molecule has 0 saturated carbocycles. The van der Waals surface area contributed by atoms with Crippen molar-refractivity contribution in [3.63, 3.8) is 0 Å². The van der Waals surface area contributed by atoms with Crippen molar-refractivity contribution in [1.82, 2.24) is 0 Å². The lowest BCUT2D eigenvalue weighted by atomic mass is 10.3. The van der Waals surface area contributed by atoms with Gasteiger partial charge in [-0.05, 0) is 30.3 Å². The fourth-order valence-corrected chi connectivity index (χ4v) is 2.49. The topological polar surface area (TPSA) is 55.1 Å². The summed E-state index contributed by atoms with van der Waals surface area (Å²) in [6, 6.07) is 8.81. The molecular weight excluding hydrogens is 282 g/mol. The Morgan fingerprint density at radius 3 is 2.45 bits per heavy atom. The summed E-state index contributed by atoms with van der Waals surface area (Å²) in [5.41, 5.74) is 6.15. The van der Waals surface area contributed by atoms with Gasteiger partial charge in [-0.25, -0.2) is 8.78 Å². The van der Waals surface area contributed by atoms with Crippen LogP contribution in [0.25, 0.3) is 0 Å². The van der Waals surface area contributed by atoms with E-state index in [-0.39, 0.29) is 11.6 Å². The number of nitrogen functional groups attached to an aromatic ring is 1. The van der Waals surface area contributed by atoms with Crippen molar-refractivity contribution in [3.05, 3.63) is 48.0 Å². The zero-order valence-corrected chi connectivity index (χ0v) is 11.4. The first-order valence-electron chi connectivity index (χ1n) is 5.76. The molecular formula is C14H12F2N2OS. The van der Waals surface area contributed by atoms with Gasteiger partial charge in [-0.2, -0.15) is 0 Å². The summed E-state index contributed by atoms with van der Waals surface area (Å²) in [4.78, 5) is 12.0. The van der Waals surface area contributed by atoms with Crippen LogP contribution in [-0.2, 0) is 4.79 Å². The van der Waals surface area contributed by atoms with Gasteiger partial charge < -0.3 is 11.1 Å². The normalized spacial score (nSPS) is 10.3. The Morgan fingerprint density at radius 1 is 1.20 bits per heavy atom. The Kier molecular flexibility index (Phi) is 4.24. The average Bonchev–Trinajstić information content (AvgIpc) is 2.37. The van der Waals surface area contributed by atoms with Crippen molar-refractivity contribution >= 4 is 29.0 Å². The smallest absolute Gasteiger partial charge is 0.221 e. The number of carbonyl (C=O) groups is 1. The van der Waals surface area contributed by atoms with Crippen LogP contribution in [0.3, 0.4) is 0 Å². The van der Waals surface area contributed by atoms with Crippen LogP contribution in [0.2, 0.25) is 0 Å². The van der Waals surface area contributed by atoms with Gasteiger partial charge in [0.2, 0.25) is 5.91 Å². The summed E-state index contributed by atoms with van der Waals surface area (Å²) in [5.74, 6) is -1.61. The molecule has 0 aliphatic carbocycles. The Balaban J connectivity index is 2.20. The Morgan fingerprint density at radius 2 is 1.85 bits per heavy atom. The molecule has 2 rings (SSSR count). The first-order chi connectivity index (χ1) is 9.45. The number of hydrogen-bond acceptors (Lipinski definition) is 3. The average molecular weight is 294 g/mol. The van der Waals surface area contributed by atoms with Crippen molar-refractivity contribution < 1.29 is 13.6 Å². The minimum absolute atomic E-state index is 0.0812. The molecule has 0 heterocycles. The molecule has 0 fully saturated rings. The van der Waals surface area contributed by atoms with E-state index in [9.17, 15) is 13.6 Å². The molecule has 0 bridgehead atoms. The zero-order chi connectivity index (χ0) is 14.7. The predicted octanol–water partition coefficient (Wildman–Crippen LogP) is 3.66. The van der Waals surface area contributed by atoms with E-state index in [0.717, 1.165) is 22.7 Å². The summed E-state index contributed by atoms with van der Waals surface area (Å²) in [6.45, 7) is 1.42. The van der Waals surface area contributed by atoms with Gasteiger partial charge in [0, 0.05) is 28.5 Å². The van der Waals surface area contributed by atoms with E-state index in [0.29, 0.717) is 10.6 Å². The van der Waals surface area contributed by atoms with Crippen LogP contribution in [0, 0.1) is 11.6 Å². The molecule has 0 atom stereocenters. The molecule has 1 amide bonds. The Labute approximate surface area is 119 Å². The van der Waals surface area contributed by atoms with Crippen LogP contribution in [0.15, 0.2) is 46.2 Å². The third kappa shape index (κ3) is 3.48. The SMILES string of the molecule is CC(=O)Nc1ccc(Sc2cc(F)cc(F)c2N)cc1. The van der Waals surface area contributed by atoms with Gasteiger partial charge >= 0.3 is 0 Å². The highest BCUT2D eigenvalue weighted by molar-refractivity contribution is 7.99. The van der Waals surface area contributed by atoms with Crippen LogP contribution in [0.4, 0.5) is 20.2 Å². The van der Waals surface area contributed by atoms with Gasteiger partial charge in [-0.3, -0.25) is 4.79 Å². The molecule has 0 aliphatic heterocycles. The number of rotatable bonds is 3. The standard InChI is InChI=1S/C14H12F2N2OS/c1-8(19)18-10-2-4-11(5-3-10)20-13-7-9(15)6-12(16)14(13)17/h2-7H,17H2,1H3,(H,18,19). The van der Waals surface area contributed by atoms with Crippen molar-refractivity contribution in [2.24, 2.45) is 0 Å². The van der Waals surface area contributed by atoms with E-state index in [4.69, 9.17) is 5.73 Å². The molecule has 0 spiro atoms. The first kappa shape index (κ1) is 14.3. The molecule has 2 aromatic carbocycles. The molecule has 6 heteroatoms. The summed E-state index contributed by atoms with van der Waals surface area (Å²) in [5, 5.41) is 2.63. The highest BCUT2D eigenvalue weighted by Crippen LogP contribution is 2.34. The van der Waals surface area contributed by atoms with E-state index in [2.05, 4.69) is 5.32 Å². The third-order valence-electron chi connectivity index (χ3n) is 2.46. The van der Waals surface area contributed by atoms with Crippen molar-refractivity contribution in [2.75, 3.05) is 11.1 Å². The maximum absolute atomic E-state index is 13.3. The van der Waals surface area contributed by atoms with E-state index in [1.165, 1.54) is 13.0 Å². The lowest BCUT2D eigenvalue weighted by molar-refractivity contribution is -0.114. The van der Waals surface area contributed by atoms with E-state index >= 15 is 0 Å². The molecule has 3 N–H and O–H groups in total. The third-order valence-corrected chi connectivity index (χ3v) is 3.52. The minimum atomic E-state index is -0.776. The van der Waals surface area contributed by atoms with Gasteiger partial charge in [-0.15, -0.1) is 0 Å². The number of nitrogens with two attached hydrogens (primary N) is 1. The Bertz CT molecular complexity index is 644. The lowest BCUT2D eigenvalue weighted by Gasteiger charge is -2.08. The molecule has 0 aromatic heterocycles. The molecule has 0 saturated heterocycles. The molecule has 104 valence electrons. The highest BCUT2D eigenvalue weighted by Gasteiger charge is 2.09.